The average molecular weight is 497 g/mol. The van der Waals surface area contributed by atoms with Crippen molar-refractivity contribution in [2.24, 2.45) is 0 Å². The molecule has 34 heavy (non-hydrogen) atoms. The highest BCUT2D eigenvalue weighted by Gasteiger charge is 2.12. The number of hydrogen-bond donors (Lipinski definition) is 2. The summed E-state index contributed by atoms with van der Waals surface area (Å²) in [6, 6.07) is 13.9. The Balaban J connectivity index is 1.34. The van der Waals surface area contributed by atoms with E-state index in [9.17, 15) is 9.59 Å². The third-order valence-electron chi connectivity index (χ3n) is 4.80. The normalized spacial score (nSPS) is 11.0. The molecular weight excluding hydrogens is 479 g/mol. The smallest absolute Gasteiger partial charge is 0.268 e. The highest BCUT2D eigenvalue weighted by atomic mass is 35.5. The zero-order chi connectivity index (χ0) is 24.1. The molecule has 2 amide bonds. The number of hydrazine groups is 1. The van der Waals surface area contributed by atoms with Crippen LogP contribution in [0.25, 0.3) is 11.8 Å². The molecule has 4 rings (SSSR count). The molecule has 0 saturated heterocycles. The largest absolute Gasteiger partial charge is 0.269 e. The van der Waals surface area contributed by atoms with E-state index in [1.165, 1.54) is 17.1 Å². The zero-order valence-corrected chi connectivity index (χ0v) is 19.3. The topological polar surface area (TPSA) is 120 Å². The number of amides is 2. The maximum Gasteiger partial charge on any atom is 0.269 e. The van der Waals surface area contributed by atoms with Crippen molar-refractivity contribution in [1.82, 2.24) is 40.8 Å². The predicted octanol–water partition coefficient (Wildman–Crippen LogP) is 3.00. The summed E-state index contributed by atoms with van der Waals surface area (Å²) in [4.78, 5) is 24.5. The number of hydrogen-bond acceptors (Lipinski definition) is 6. The van der Waals surface area contributed by atoms with Gasteiger partial charge in [0.15, 0.2) is 0 Å². The van der Waals surface area contributed by atoms with Crippen LogP contribution in [0.2, 0.25) is 10.2 Å². The summed E-state index contributed by atoms with van der Waals surface area (Å²) in [7, 11) is 0. The molecule has 2 heterocycles. The lowest BCUT2D eigenvalue weighted by molar-refractivity contribution is -0.117. The monoisotopic (exact) mass is 496 g/mol. The van der Waals surface area contributed by atoms with Crippen LogP contribution in [0.1, 0.15) is 27.2 Å². The molecule has 0 radical (unpaired) electrons. The number of aryl methyl sites for hydroxylation is 1. The van der Waals surface area contributed by atoms with Crippen LogP contribution < -0.4 is 10.9 Å². The molecule has 2 aromatic carbocycles. The molecule has 0 atom stereocenters. The maximum atomic E-state index is 12.3. The van der Waals surface area contributed by atoms with E-state index in [1.54, 1.807) is 54.1 Å². The van der Waals surface area contributed by atoms with E-state index in [1.807, 2.05) is 12.1 Å². The second-order valence-corrected chi connectivity index (χ2v) is 7.95. The first-order chi connectivity index (χ1) is 16.4. The Morgan fingerprint density at radius 1 is 1.03 bits per heavy atom. The zero-order valence-electron chi connectivity index (χ0n) is 17.8. The Labute approximate surface area is 204 Å². The van der Waals surface area contributed by atoms with Crippen LogP contribution in [0.3, 0.4) is 0 Å². The van der Waals surface area contributed by atoms with Crippen molar-refractivity contribution in [2.75, 3.05) is 0 Å². The van der Waals surface area contributed by atoms with Gasteiger partial charge in [-0.3, -0.25) is 20.4 Å². The summed E-state index contributed by atoms with van der Waals surface area (Å²) >= 11 is 12.4. The molecule has 0 spiro atoms. The van der Waals surface area contributed by atoms with Crippen LogP contribution in [0.15, 0.2) is 60.9 Å². The number of halogens is 2. The number of benzene rings is 2. The van der Waals surface area contributed by atoms with E-state index in [0.29, 0.717) is 39.2 Å². The Morgan fingerprint density at radius 3 is 2.44 bits per heavy atom. The molecule has 12 heteroatoms. The Hall–Kier alpha value is -4.02. The fourth-order valence-electron chi connectivity index (χ4n) is 3.06. The van der Waals surface area contributed by atoms with E-state index < -0.39 is 11.8 Å². The molecule has 2 aromatic heterocycles. The Bertz CT molecular complexity index is 1330. The summed E-state index contributed by atoms with van der Waals surface area (Å²) in [6.07, 6.45) is 4.26. The molecule has 10 nitrogen and oxygen atoms in total. The minimum Gasteiger partial charge on any atom is -0.268 e. The van der Waals surface area contributed by atoms with Gasteiger partial charge in [-0.05, 0) is 65.4 Å². The van der Waals surface area contributed by atoms with Gasteiger partial charge in [0.1, 0.15) is 11.5 Å². The molecule has 0 aliphatic rings. The van der Waals surface area contributed by atoms with Gasteiger partial charge in [-0.1, -0.05) is 35.3 Å². The van der Waals surface area contributed by atoms with Gasteiger partial charge in [-0.2, -0.15) is 5.10 Å². The summed E-state index contributed by atoms with van der Waals surface area (Å²) < 4.78 is 3.09. The lowest BCUT2D eigenvalue weighted by Crippen LogP contribution is -2.40. The number of carbonyl (C=O) groups is 2. The molecule has 0 unspecified atom stereocenters. The van der Waals surface area contributed by atoms with E-state index in [2.05, 4.69) is 31.5 Å². The van der Waals surface area contributed by atoms with Crippen LogP contribution >= 0.6 is 23.2 Å². The van der Waals surface area contributed by atoms with E-state index in [-0.39, 0.29) is 0 Å². The highest BCUT2D eigenvalue weighted by Crippen LogP contribution is 2.22. The van der Waals surface area contributed by atoms with Crippen LogP contribution in [0.4, 0.5) is 0 Å². The van der Waals surface area contributed by atoms with Crippen LogP contribution in [-0.4, -0.2) is 41.8 Å². The quantitative estimate of drug-likeness (QED) is 0.312. The second-order valence-electron chi connectivity index (χ2n) is 7.15. The first-order valence-corrected chi connectivity index (χ1v) is 10.8. The number of nitrogens with zero attached hydrogens (tertiary/aromatic N) is 6. The molecule has 172 valence electrons. The fraction of sp³-hybridized carbons (Fsp3) is 0.0909. The third kappa shape index (κ3) is 5.48. The standard InChI is InChI=1S/C22H18Cl2N8O2/c1-14-19(21(24)31(28-14)12-15-2-6-17(23)7-3-15)10-11-20(33)26-27-22(34)16-4-8-18(9-5-16)32-13-25-29-30-32/h2-11,13H,12H2,1H3,(H,26,33)(H,27,34)/b11-10+. The van der Waals surface area contributed by atoms with Gasteiger partial charge < -0.3 is 0 Å². The molecule has 0 saturated carbocycles. The van der Waals surface area contributed by atoms with Gasteiger partial charge in [0.25, 0.3) is 11.8 Å². The van der Waals surface area contributed by atoms with Crippen LogP contribution in [0.5, 0.6) is 0 Å². The molecule has 0 bridgehead atoms. The fourth-order valence-corrected chi connectivity index (χ4v) is 3.48. The molecule has 2 N–H and O–H groups in total. The molecule has 0 aliphatic heterocycles. The van der Waals surface area contributed by atoms with E-state index in [4.69, 9.17) is 23.2 Å². The number of carbonyl (C=O) groups excluding carboxylic acids is 2. The minimum absolute atomic E-state index is 0.350. The number of tetrazole rings is 1. The lowest BCUT2D eigenvalue weighted by atomic mass is 10.2. The van der Waals surface area contributed by atoms with Crippen molar-refractivity contribution < 1.29 is 9.59 Å². The van der Waals surface area contributed by atoms with Crippen LogP contribution in [-0.2, 0) is 11.3 Å². The van der Waals surface area contributed by atoms with Crippen molar-refractivity contribution in [1.29, 1.82) is 0 Å². The maximum absolute atomic E-state index is 12.3. The number of rotatable bonds is 6. The van der Waals surface area contributed by atoms with Gasteiger partial charge >= 0.3 is 0 Å². The van der Waals surface area contributed by atoms with Crippen molar-refractivity contribution in [3.8, 4) is 5.69 Å². The third-order valence-corrected chi connectivity index (χ3v) is 5.45. The Kier molecular flexibility index (Phi) is 7.00. The van der Waals surface area contributed by atoms with E-state index >= 15 is 0 Å². The predicted molar refractivity (Wildman–Crippen MR) is 126 cm³/mol. The van der Waals surface area contributed by atoms with Gasteiger partial charge in [0, 0.05) is 22.2 Å². The first-order valence-electron chi connectivity index (χ1n) is 10.00. The summed E-state index contributed by atoms with van der Waals surface area (Å²) in [6.45, 7) is 2.25. The molecule has 4 aromatic rings. The summed E-state index contributed by atoms with van der Waals surface area (Å²) in [5.74, 6) is -1.01. The first kappa shape index (κ1) is 23.1. The minimum atomic E-state index is -0.528. The van der Waals surface area contributed by atoms with Gasteiger partial charge in [-0.15, -0.1) is 5.10 Å². The molecular formula is C22H18Cl2N8O2. The highest BCUT2D eigenvalue weighted by molar-refractivity contribution is 6.31. The SMILES string of the molecule is Cc1nn(Cc2ccc(Cl)cc2)c(Cl)c1/C=C/C(=O)NNC(=O)c1ccc(-n2cnnn2)cc1. The van der Waals surface area contributed by atoms with Gasteiger partial charge in [-0.25, -0.2) is 9.36 Å². The summed E-state index contributed by atoms with van der Waals surface area (Å²) in [5.41, 5.74) is 7.99. The second kappa shape index (κ2) is 10.3. The van der Waals surface area contributed by atoms with Crippen LogP contribution in [0, 0.1) is 6.92 Å². The van der Waals surface area contributed by atoms with Gasteiger partial charge in [0.05, 0.1) is 17.9 Å². The molecule has 0 aliphatic carbocycles. The van der Waals surface area contributed by atoms with Crippen molar-refractivity contribution >= 4 is 41.1 Å². The number of aromatic nitrogens is 6. The van der Waals surface area contributed by atoms with Gasteiger partial charge in [0.2, 0.25) is 0 Å². The number of nitrogens with one attached hydrogen (secondary N) is 2. The Morgan fingerprint density at radius 2 is 1.76 bits per heavy atom. The van der Waals surface area contributed by atoms with E-state index in [0.717, 1.165) is 5.56 Å². The van der Waals surface area contributed by atoms with Crippen molar-refractivity contribution in [2.45, 2.75) is 13.5 Å². The average Bonchev–Trinajstić information content (AvgIpc) is 3.46. The van der Waals surface area contributed by atoms with Crippen molar-refractivity contribution in [3.63, 3.8) is 0 Å². The van der Waals surface area contributed by atoms with Crippen molar-refractivity contribution in [3.05, 3.63) is 93.5 Å². The molecule has 0 fully saturated rings. The summed E-state index contributed by atoms with van der Waals surface area (Å²) in [5, 5.41) is 16.4. The lowest BCUT2D eigenvalue weighted by Gasteiger charge is -2.06.